The van der Waals surface area contributed by atoms with E-state index >= 15 is 0 Å². The van der Waals surface area contributed by atoms with Crippen molar-refractivity contribution in [1.82, 2.24) is 24.5 Å². The summed E-state index contributed by atoms with van der Waals surface area (Å²) < 4.78 is 41.0. The topological polar surface area (TPSA) is 48.5 Å². The summed E-state index contributed by atoms with van der Waals surface area (Å²) in [5.41, 5.74) is -0.148. The van der Waals surface area contributed by atoms with E-state index in [0.29, 0.717) is 5.69 Å². The highest BCUT2D eigenvalue weighted by Crippen LogP contribution is 2.37. The predicted molar refractivity (Wildman–Crippen MR) is 73.5 cm³/mol. The molecule has 22 heavy (non-hydrogen) atoms. The maximum atomic E-state index is 12.7. The van der Waals surface area contributed by atoms with Gasteiger partial charge in [0, 0.05) is 0 Å². The zero-order valence-electron chi connectivity index (χ0n) is 10.6. The molecule has 0 N–H and O–H groups in total. The van der Waals surface area contributed by atoms with Gasteiger partial charge >= 0.3 is 6.18 Å². The molecule has 1 aromatic carbocycles. The van der Waals surface area contributed by atoms with E-state index in [1.807, 2.05) is 0 Å². The number of nitrogens with zero attached hydrogens (tertiary/aromatic N) is 5. The third kappa shape index (κ3) is 2.67. The van der Waals surface area contributed by atoms with Crippen molar-refractivity contribution in [3.8, 4) is 11.4 Å². The van der Waals surface area contributed by atoms with Crippen LogP contribution in [0.2, 0.25) is 10.0 Å². The molecule has 0 fully saturated rings. The van der Waals surface area contributed by atoms with E-state index in [0.717, 1.165) is 12.1 Å². The lowest BCUT2D eigenvalue weighted by atomic mass is 10.2. The van der Waals surface area contributed by atoms with Gasteiger partial charge in [-0.15, -0.1) is 10.2 Å². The van der Waals surface area contributed by atoms with Crippen molar-refractivity contribution in [2.24, 2.45) is 0 Å². The molecule has 0 radical (unpaired) electrons. The van der Waals surface area contributed by atoms with Crippen LogP contribution in [0.25, 0.3) is 11.4 Å². The molecule has 0 aliphatic rings. The molecule has 3 rings (SSSR count). The van der Waals surface area contributed by atoms with Gasteiger partial charge in [0.25, 0.3) is 0 Å². The SMILES string of the molecule is FC(F)(F)c1cc(Cl)c(-n2cc(-n3cnnc3)cn2)c(Cl)c1. The molecular formula is C12H6Cl2F3N5. The number of rotatable bonds is 2. The minimum absolute atomic E-state index is 0.154. The van der Waals surface area contributed by atoms with E-state index in [-0.39, 0.29) is 15.7 Å². The summed E-state index contributed by atoms with van der Waals surface area (Å²) >= 11 is 11.9. The Morgan fingerprint density at radius 1 is 1.00 bits per heavy atom. The van der Waals surface area contributed by atoms with Gasteiger partial charge in [-0.2, -0.15) is 18.3 Å². The lowest BCUT2D eigenvalue weighted by Crippen LogP contribution is -2.06. The molecule has 0 bridgehead atoms. The summed E-state index contributed by atoms with van der Waals surface area (Å²) in [6.45, 7) is 0. The van der Waals surface area contributed by atoms with Gasteiger partial charge in [0.1, 0.15) is 18.3 Å². The fraction of sp³-hybridized carbons (Fsp3) is 0.0833. The van der Waals surface area contributed by atoms with Crippen LogP contribution in [0.4, 0.5) is 13.2 Å². The third-order valence-corrected chi connectivity index (χ3v) is 3.44. The van der Waals surface area contributed by atoms with Gasteiger partial charge in [-0.1, -0.05) is 23.2 Å². The van der Waals surface area contributed by atoms with Crippen LogP contribution in [0.3, 0.4) is 0 Å². The highest BCUT2D eigenvalue weighted by atomic mass is 35.5. The molecule has 0 saturated carbocycles. The van der Waals surface area contributed by atoms with E-state index < -0.39 is 11.7 Å². The summed E-state index contributed by atoms with van der Waals surface area (Å²) in [5.74, 6) is 0. The Labute approximate surface area is 131 Å². The zero-order chi connectivity index (χ0) is 15.9. The molecule has 0 amide bonds. The number of benzene rings is 1. The van der Waals surface area contributed by atoms with Gasteiger partial charge < -0.3 is 0 Å². The van der Waals surface area contributed by atoms with E-state index in [2.05, 4.69) is 15.3 Å². The quantitative estimate of drug-likeness (QED) is 0.708. The zero-order valence-corrected chi connectivity index (χ0v) is 12.1. The van der Waals surface area contributed by atoms with Crippen molar-refractivity contribution in [2.75, 3.05) is 0 Å². The fourth-order valence-corrected chi connectivity index (χ4v) is 2.51. The van der Waals surface area contributed by atoms with Crippen molar-refractivity contribution < 1.29 is 13.2 Å². The molecule has 114 valence electrons. The molecule has 0 unspecified atom stereocenters. The molecule has 2 heterocycles. The van der Waals surface area contributed by atoms with Gasteiger partial charge in [0.15, 0.2) is 0 Å². The Morgan fingerprint density at radius 3 is 2.14 bits per heavy atom. The number of halogens is 5. The highest BCUT2D eigenvalue weighted by molar-refractivity contribution is 6.37. The van der Waals surface area contributed by atoms with E-state index in [1.165, 1.54) is 23.5 Å². The summed E-state index contributed by atoms with van der Waals surface area (Å²) in [5, 5.41) is 11.0. The van der Waals surface area contributed by atoms with Crippen LogP contribution >= 0.6 is 23.2 Å². The molecular weight excluding hydrogens is 342 g/mol. The molecule has 3 aromatic rings. The maximum Gasteiger partial charge on any atom is 0.416 e. The molecule has 0 spiro atoms. The van der Waals surface area contributed by atoms with E-state index in [9.17, 15) is 13.2 Å². The van der Waals surface area contributed by atoms with E-state index in [4.69, 9.17) is 23.2 Å². The van der Waals surface area contributed by atoms with Crippen LogP contribution in [0.5, 0.6) is 0 Å². The first-order chi connectivity index (χ1) is 10.4. The van der Waals surface area contributed by atoms with Gasteiger partial charge in [0.2, 0.25) is 0 Å². The molecule has 0 atom stereocenters. The van der Waals surface area contributed by atoms with Gasteiger partial charge in [-0.3, -0.25) is 4.57 Å². The van der Waals surface area contributed by atoms with Gasteiger partial charge in [-0.05, 0) is 12.1 Å². The maximum absolute atomic E-state index is 12.7. The average molecular weight is 348 g/mol. The number of alkyl halides is 3. The number of hydrogen-bond acceptors (Lipinski definition) is 3. The van der Waals surface area contributed by atoms with Crippen LogP contribution in [-0.2, 0) is 6.18 Å². The number of hydrogen-bond donors (Lipinski definition) is 0. The van der Waals surface area contributed by atoms with Crippen LogP contribution in [0.1, 0.15) is 5.56 Å². The van der Waals surface area contributed by atoms with Crippen LogP contribution in [-0.4, -0.2) is 24.5 Å². The molecule has 0 aliphatic carbocycles. The number of aromatic nitrogens is 5. The Bertz CT molecular complexity index is 788. The molecule has 2 aromatic heterocycles. The second kappa shape index (κ2) is 5.29. The minimum Gasteiger partial charge on any atom is -0.285 e. The summed E-state index contributed by atoms with van der Waals surface area (Å²) in [6.07, 6.45) is 1.41. The Morgan fingerprint density at radius 2 is 1.59 bits per heavy atom. The smallest absolute Gasteiger partial charge is 0.285 e. The standard InChI is InChI=1S/C12H6Cl2F3N5/c13-9-1-7(12(15,16)17)2-10(14)11(9)22-4-8(3-20-22)21-5-18-19-6-21/h1-6H. The molecule has 5 nitrogen and oxygen atoms in total. The molecule has 0 saturated heterocycles. The van der Waals surface area contributed by atoms with E-state index in [1.54, 1.807) is 10.8 Å². The van der Waals surface area contributed by atoms with Crippen LogP contribution < -0.4 is 0 Å². The minimum atomic E-state index is -4.52. The molecule has 0 aliphatic heterocycles. The second-order valence-electron chi connectivity index (χ2n) is 4.30. The van der Waals surface area contributed by atoms with Crippen molar-refractivity contribution in [3.63, 3.8) is 0 Å². The van der Waals surface area contributed by atoms with Gasteiger partial charge in [0.05, 0.1) is 33.7 Å². The van der Waals surface area contributed by atoms with Crippen molar-refractivity contribution >= 4 is 23.2 Å². The van der Waals surface area contributed by atoms with Crippen LogP contribution in [0, 0.1) is 0 Å². The Kier molecular flexibility index (Phi) is 3.57. The average Bonchev–Trinajstić information content (AvgIpc) is 3.07. The normalized spacial score (nSPS) is 11.9. The summed E-state index contributed by atoms with van der Waals surface area (Å²) in [4.78, 5) is 0. The first kappa shape index (κ1) is 14.9. The van der Waals surface area contributed by atoms with Crippen LogP contribution in [0.15, 0.2) is 37.2 Å². The van der Waals surface area contributed by atoms with Crippen molar-refractivity contribution in [3.05, 3.63) is 52.8 Å². The lowest BCUT2D eigenvalue weighted by molar-refractivity contribution is -0.137. The fourth-order valence-electron chi connectivity index (χ4n) is 1.85. The summed E-state index contributed by atoms with van der Waals surface area (Å²) in [6, 6.07) is 1.62. The third-order valence-electron chi connectivity index (χ3n) is 2.86. The first-order valence-electron chi connectivity index (χ1n) is 5.82. The monoisotopic (exact) mass is 347 g/mol. The van der Waals surface area contributed by atoms with Crippen molar-refractivity contribution in [2.45, 2.75) is 6.18 Å². The highest BCUT2D eigenvalue weighted by Gasteiger charge is 2.32. The lowest BCUT2D eigenvalue weighted by Gasteiger charge is -2.12. The van der Waals surface area contributed by atoms with Gasteiger partial charge in [-0.25, -0.2) is 4.68 Å². The molecule has 10 heteroatoms. The Hall–Kier alpha value is -2.06. The predicted octanol–water partition coefficient (Wildman–Crippen LogP) is 3.78. The Balaban J connectivity index is 2.06. The first-order valence-corrected chi connectivity index (χ1v) is 6.58. The summed E-state index contributed by atoms with van der Waals surface area (Å²) in [7, 11) is 0. The largest absolute Gasteiger partial charge is 0.416 e. The van der Waals surface area contributed by atoms with Crippen molar-refractivity contribution in [1.29, 1.82) is 0 Å². The second-order valence-corrected chi connectivity index (χ2v) is 5.11.